The molecule has 0 spiro atoms. The summed E-state index contributed by atoms with van der Waals surface area (Å²) in [6, 6.07) is 6.52. The largest absolute Gasteiger partial charge is 0.328 e. The van der Waals surface area contributed by atoms with Crippen molar-refractivity contribution < 1.29 is 9.18 Å². The Morgan fingerprint density at radius 2 is 1.94 bits per heavy atom. The standard InChI is InChI=1S/C28H34FN3O/c1-4-5-25-27(33)13-6-18(2)14-24(15-20-10-12-23(31)11-7-19(20)3)32-28(25)21-8-9-22(17-30)26(29)16-21/h8-9,16,18-20,23H,6-7,10-15,31H2,1-3H3. The second-order valence-corrected chi connectivity index (χ2v) is 9.71. The molecule has 0 amide bonds. The summed E-state index contributed by atoms with van der Waals surface area (Å²) in [5.41, 5.74) is 8.50. The van der Waals surface area contributed by atoms with Crippen molar-refractivity contribution in [2.75, 3.05) is 0 Å². The van der Waals surface area contributed by atoms with Gasteiger partial charge in [-0.2, -0.15) is 5.26 Å². The summed E-state index contributed by atoms with van der Waals surface area (Å²) in [6.07, 6.45) is 7.08. The van der Waals surface area contributed by atoms with Crippen LogP contribution in [0.15, 0.2) is 28.8 Å². The topological polar surface area (TPSA) is 79.2 Å². The molecule has 0 aromatic heterocycles. The maximum Gasteiger partial charge on any atom is 0.173 e. The molecule has 0 saturated heterocycles. The molecule has 1 aliphatic heterocycles. The first-order valence-electron chi connectivity index (χ1n) is 12.0. The summed E-state index contributed by atoms with van der Waals surface area (Å²) in [5, 5.41) is 9.12. The van der Waals surface area contributed by atoms with Gasteiger partial charge < -0.3 is 5.73 Å². The molecule has 5 heteroatoms. The van der Waals surface area contributed by atoms with E-state index >= 15 is 0 Å². The zero-order chi connectivity index (χ0) is 24.0. The molecule has 4 nitrogen and oxygen atoms in total. The van der Waals surface area contributed by atoms with Crippen molar-refractivity contribution in [1.82, 2.24) is 0 Å². The van der Waals surface area contributed by atoms with Crippen LogP contribution in [-0.4, -0.2) is 17.5 Å². The zero-order valence-corrected chi connectivity index (χ0v) is 20.0. The van der Waals surface area contributed by atoms with E-state index < -0.39 is 5.82 Å². The monoisotopic (exact) mass is 447 g/mol. The lowest BCUT2D eigenvalue weighted by atomic mass is 9.83. The number of rotatable bonds is 3. The molecule has 1 heterocycles. The molecule has 1 fully saturated rings. The molecule has 174 valence electrons. The number of halogens is 1. The van der Waals surface area contributed by atoms with E-state index in [4.69, 9.17) is 16.0 Å². The van der Waals surface area contributed by atoms with E-state index in [2.05, 4.69) is 25.7 Å². The fraction of sp³-hybridized carbons (Fsp3) is 0.536. The highest BCUT2D eigenvalue weighted by molar-refractivity contribution is 6.08. The highest BCUT2D eigenvalue weighted by atomic mass is 19.1. The average Bonchev–Trinajstić information content (AvgIpc) is 2.91. The lowest BCUT2D eigenvalue weighted by Crippen LogP contribution is -2.18. The summed E-state index contributed by atoms with van der Waals surface area (Å²) in [7, 11) is 0. The maximum absolute atomic E-state index is 14.5. The van der Waals surface area contributed by atoms with Gasteiger partial charge in [0.15, 0.2) is 5.78 Å². The quantitative estimate of drug-likeness (QED) is 0.469. The van der Waals surface area contributed by atoms with Gasteiger partial charge in [-0.3, -0.25) is 9.79 Å². The van der Waals surface area contributed by atoms with E-state index in [1.165, 1.54) is 12.1 Å². The molecule has 2 N–H and O–H groups in total. The van der Waals surface area contributed by atoms with E-state index in [0.717, 1.165) is 50.7 Å². The SMILES string of the molecule is CC#CC1=C(c2ccc(C#N)c(F)c2)N=C(CC2CCC(N)CCC2C)CC(C)CCC1=O. The Balaban J connectivity index is 2.11. The highest BCUT2D eigenvalue weighted by Crippen LogP contribution is 2.34. The Labute approximate surface area is 197 Å². The third-order valence-corrected chi connectivity index (χ3v) is 7.05. The number of nitrogens with zero attached hydrogens (tertiary/aromatic N) is 2. The van der Waals surface area contributed by atoms with E-state index in [0.29, 0.717) is 41.0 Å². The first-order chi connectivity index (χ1) is 15.8. The van der Waals surface area contributed by atoms with E-state index in [1.807, 2.05) is 6.07 Å². The minimum absolute atomic E-state index is 0.0293. The Morgan fingerprint density at radius 3 is 2.64 bits per heavy atom. The number of allylic oxidation sites excluding steroid dienone is 1. The van der Waals surface area contributed by atoms with Crippen LogP contribution in [-0.2, 0) is 4.79 Å². The Bertz CT molecular complexity index is 1050. The van der Waals surface area contributed by atoms with Gasteiger partial charge >= 0.3 is 0 Å². The predicted octanol–water partition coefficient (Wildman–Crippen LogP) is 5.81. The summed E-state index contributed by atoms with van der Waals surface area (Å²) in [5.74, 6) is 6.49. The van der Waals surface area contributed by atoms with Crippen molar-refractivity contribution in [2.45, 2.75) is 78.2 Å². The van der Waals surface area contributed by atoms with E-state index in [1.54, 1.807) is 13.0 Å². The Morgan fingerprint density at radius 1 is 1.18 bits per heavy atom. The van der Waals surface area contributed by atoms with Crippen LogP contribution in [0, 0.1) is 46.7 Å². The molecule has 2 aliphatic rings. The van der Waals surface area contributed by atoms with Crippen LogP contribution in [0.4, 0.5) is 4.39 Å². The summed E-state index contributed by atoms with van der Waals surface area (Å²) >= 11 is 0. The third kappa shape index (κ3) is 6.40. The van der Waals surface area contributed by atoms with Crippen LogP contribution in [0.25, 0.3) is 5.70 Å². The number of ketones is 1. The van der Waals surface area contributed by atoms with Gasteiger partial charge in [-0.15, -0.1) is 5.92 Å². The number of Topliss-reactive ketones (excluding diaryl/α,β-unsaturated/α-hetero) is 1. The van der Waals surface area contributed by atoms with Gasteiger partial charge in [0.05, 0.1) is 16.8 Å². The molecule has 1 aliphatic carbocycles. The van der Waals surface area contributed by atoms with Crippen LogP contribution >= 0.6 is 0 Å². The van der Waals surface area contributed by atoms with Gasteiger partial charge in [0, 0.05) is 23.7 Å². The minimum atomic E-state index is -0.616. The number of aliphatic imine (C=N–C) groups is 1. The number of carbonyl (C=O) groups is 1. The maximum atomic E-state index is 14.5. The van der Waals surface area contributed by atoms with Gasteiger partial charge in [-0.05, 0) is 81.8 Å². The second kappa shape index (κ2) is 11.4. The highest BCUT2D eigenvalue weighted by Gasteiger charge is 2.27. The van der Waals surface area contributed by atoms with Crippen LogP contribution in [0.1, 0.15) is 83.3 Å². The molecular formula is C28H34FN3O. The molecule has 1 aromatic rings. The zero-order valence-electron chi connectivity index (χ0n) is 20.0. The molecule has 1 saturated carbocycles. The van der Waals surface area contributed by atoms with Gasteiger partial charge in [-0.25, -0.2) is 4.39 Å². The minimum Gasteiger partial charge on any atom is -0.328 e. The lowest BCUT2D eigenvalue weighted by molar-refractivity contribution is -0.115. The number of hydrogen-bond acceptors (Lipinski definition) is 4. The number of nitrogens with two attached hydrogens (primary N) is 1. The first kappa shape index (κ1) is 24.9. The molecule has 4 unspecified atom stereocenters. The molecular weight excluding hydrogens is 413 g/mol. The van der Waals surface area contributed by atoms with Gasteiger partial charge in [0.1, 0.15) is 11.9 Å². The lowest BCUT2D eigenvalue weighted by Gasteiger charge is -2.23. The van der Waals surface area contributed by atoms with Gasteiger partial charge in [0.2, 0.25) is 0 Å². The van der Waals surface area contributed by atoms with Crippen LogP contribution in [0.3, 0.4) is 0 Å². The normalized spacial score (nSPS) is 26.7. The first-order valence-corrected chi connectivity index (χ1v) is 12.0. The van der Waals surface area contributed by atoms with Crippen LogP contribution in [0.5, 0.6) is 0 Å². The van der Waals surface area contributed by atoms with Crippen molar-refractivity contribution in [3.05, 3.63) is 40.7 Å². The Hall–Kier alpha value is -2.76. The van der Waals surface area contributed by atoms with Crippen molar-refractivity contribution in [3.63, 3.8) is 0 Å². The summed E-state index contributed by atoms with van der Waals surface area (Å²) in [4.78, 5) is 18.1. The van der Waals surface area contributed by atoms with E-state index in [-0.39, 0.29) is 17.4 Å². The van der Waals surface area contributed by atoms with Crippen molar-refractivity contribution in [1.29, 1.82) is 5.26 Å². The van der Waals surface area contributed by atoms with Crippen LogP contribution in [0.2, 0.25) is 0 Å². The number of hydrogen-bond donors (Lipinski definition) is 1. The predicted molar refractivity (Wildman–Crippen MR) is 131 cm³/mol. The number of nitriles is 1. The third-order valence-electron chi connectivity index (χ3n) is 7.05. The number of carbonyl (C=O) groups excluding carboxylic acids is 1. The smallest absolute Gasteiger partial charge is 0.173 e. The van der Waals surface area contributed by atoms with Gasteiger partial charge in [-0.1, -0.05) is 25.8 Å². The molecule has 1 aromatic carbocycles. The summed E-state index contributed by atoms with van der Waals surface area (Å²) in [6.45, 7) is 6.15. The second-order valence-electron chi connectivity index (χ2n) is 9.71. The summed E-state index contributed by atoms with van der Waals surface area (Å²) < 4.78 is 14.5. The van der Waals surface area contributed by atoms with Gasteiger partial charge in [0.25, 0.3) is 0 Å². The van der Waals surface area contributed by atoms with Crippen molar-refractivity contribution in [3.8, 4) is 17.9 Å². The molecule has 4 atom stereocenters. The molecule has 33 heavy (non-hydrogen) atoms. The Kier molecular flexibility index (Phi) is 8.59. The van der Waals surface area contributed by atoms with Crippen LogP contribution < -0.4 is 5.73 Å². The molecule has 0 bridgehead atoms. The fourth-order valence-corrected chi connectivity index (χ4v) is 4.92. The average molecular weight is 448 g/mol. The van der Waals surface area contributed by atoms with E-state index in [9.17, 15) is 9.18 Å². The molecule has 0 radical (unpaired) electrons. The number of benzene rings is 1. The van der Waals surface area contributed by atoms with Crippen molar-refractivity contribution >= 4 is 17.2 Å². The fourth-order valence-electron chi connectivity index (χ4n) is 4.92. The van der Waals surface area contributed by atoms with Crippen molar-refractivity contribution in [2.24, 2.45) is 28.5 Å². The molecule has 3 rings (SSSR count).